The molecule has 3 rings (SSSR count). The molecule has 5 heteroatoms. The fourth-order valence-electron chi connectivity index (χ4n) is 4.12. The highest BCUT2D eigenvalue weighted by atomic mass is 16.5. The van der Waals surface area contributed by atoms with Crippen molar-refractivity contribution in [3.05, 3.63) is 78.0 Å². The standard InChI is InChI=1S/C28H37N3O2/c1-2-3-11-26(23-12-14-25(15-13-23)33-24-9-5-4-6-10-24)27(28(29)32)21-31-18-7-8-22-16-19-30-20-17-22/h4-6,9-15,21-22,30-31H,2-3,7-8,16-20H2,1H3,(H2,29,32)/b26-11+,27-21-. The number of ether oxygens (including phenoxy) is 1. The summed E-state index contributed by atoms with van der Waals surface area (Å²) in [5.41, 5.74) is 8.12. The number of para-hydroxylation sites is 1. The van der Waals surface area contributed by atoms with Gasteiger partial charge in [-0.15, -0.1) is 0 Å². The van der Waals surface area contributed by atoms with Crippen LogP contribution in [0, 0.1) is 5.92 Å². The molecule has 5 nitrogen and oxygen atoms in total. The predicted molar refractivity (Wildman–Crippen MR) is 136 cm³/mol. The third kappa shape index (κ3) is 8.10. The molecule has 1 aliphatic rings. The first-order chi connectivity index (χ1) is 16.2. The van der Waals surface area contributed by atoms with Crippen molar-refractivity contribution in [3.63, 3.8) is 0 Å². The molecule has 2 aromatic rings. The number of unbranched alkanes of at least 4 members (excludes halogenated alkanes) is 1. The van der Waals surface area contributed by atoms with Crippen LogP contribution < -0.4 is 21.1 Å². The first-order valence-electron chi connectivity index (χ1n) is 12.1. The molecule has 1 aliphatic heterocycles. The maximum atomic E-state index is 12.3. The van der Waals surface area contributed by atoms with E-state index >= 15 is 0 Å². The molecule has 0 radical (unpaired) electrons. The zero-order valence-electron chi connectivity index (χ0n) is 19.7. The lowest BCUT2D eigenvalue weighted by Crippen LogP contribution is -2.28. The molecule has 0 saturated carbocycles. The van der Waals surface area contributed by atoms with E-state index in [-0.39, 0.29) is 0 Å². The van der Waals surface area contributed by atoms with Gasteiger partial charge in [-0.3, -0.25) is 4.79 Å². The fourth-order valence-corrected chi connectivity index (χ4v) is 4.12. The molecule has 1 fully saturated rings. The number of hydrogen-bond acceptors (Lipinski definition) is 4. The minimum atomic E-state index is -0.423. The monoisotopic (exact) mass is 447 g/mol. The van der Waals surface area contributed by atoms with Crippen LogP contribution in [0.25, 0.3) is 5.57 Å². The highest BCUT2D eigenvalue weighted by Gasteiger charge is 2.15. The minimum Gasteiger partial charge on any atom is -0.457 e. The number of nitrogens with one attached hydrogen (secondary N) is 2. The molecule has 0 aliphatic carbocycles. The number of allylic oxidation sites excluding steroid dienone is 1. The maximum Gasteiger partial charge on any atom is 0.250 e. The van der Waals surface area contributed by atoms with E-state index in [1.165, 1.54) is 19.3 Å². The third-order valence-corrected chi connectivity index (χ3v) is 5.98. The lowest BCUT2D eigenvalue weighted by Gasteiger charge is -2.22. The van der Waals surface area contributed by atoms with Gasteiger partial charge < -0.3 is 21.1 Å². The number of hydrogen-bond donors (Lipinski definition) is 3. The first kappa shape index (κ1) is 24.6. The van der Waals surface area contributed by atoms with E-state index in [0.29, 0.717) is 5.57 Å². The van der Waals surface area contributed by atoms with Gasteiger partial charge in [0.1, 0.15) is 11.5 Å². The van der Waals surface area contributed by atoms with E-state index in [1.807, 2.05) is 54.6 Å². The van der Waals surface area contributed by atoms with Gasteiger partial charge in [0.2, 0.25) is 0 Å². The summed E-state index contributed by atoms with van der Waals surface area (Å²) in [7, 11) is 0. The van der Waals surface area contributed by atoms with Crippen LogP contribution in [-0.2, 0) is 4.79 Å². The molecule has 0 aromatic heterocycles. The zero-order valence-corrected chi connectivity index (χ0v) is 19.7. The summed E-state index contributed by atoms with van der Waals surface area (Å²) in [6.45, 7) is 5.22. The Kier molecular flexibility index (Phi) is 10.0. The van der Waals surface area contributed by atoms with Gasteiger partial charge in [-0.1, -0.05) is 49.8 Å². The highest BCUT2D eigenvalue weighted by molar-refractivity contribution is 6.08. The molecule has 0 bridgehead atoms. The molecular weight excluding hydrogens is 410 g/mol. The topological polar surface area (TPSA) is 76.4 Å². The van der Waals surface area contributed by atoms with Gasteiger partial charge in [-0.25, -0.2) is 0 Å². The van der Waals surface area contributed by atoms with Crippen LogP contribution in [0.2, 0.25) is 0 Å². The Bertz CT molecular complexity index is 914. The number of benzene rings is 2. The second-order valence-electron chi connectivity index (χ2n) is 8.56. The van der Waals surface area contributed by atoms with Gasteiger partial charge >= 0.3 is 0 Å². The Morgan fingerprint density at radius 1 is 1.09 bits per heavy atom. The van der Waals surface area contributed by atoms with E-state index in [1.54, 1.807) is 6.20 Å². The number of primary amides is 1. The molecule has 4 N–H and O–H groups in total. The largest absolute Gasteiger partial charge is 0.457 e. The average Bonchev–Trinajstić information content (AvgIpc) is 2.84. The number of carbonyl (C=O) groups excluding carboxylic acids is 1. The first-order valence-corrected chi connectivity index (χ1v) is 12.1. The number of amides is 1. The summed E-state index contributed by atoms with van der Waals surface area (Å²) in [4.78, 5) is 12.3. The summed E-state index contributed by atoms with van der Waals surface area (Å²) in [6, 6.07) is 17.5. The van der Waals surface area contributed by atoms with Gasteiger partial charge in [0.15, 0.2) is 0 Å². The highest BCUT2D eigenvalue weighted by Crippen LogP contribution is 2.28. The Morgan fingerprint density at radius 3 is 2.45 bits per heavy atom. The molecule has 176 valence electrons. The van der Waals surface area contributed by atoms with Crippen LogP contribution >= 0.6 is 0 Å². The molecule has 1 amide bonds. The summed E-state index contributed by atoms with van der Waals surface area (Å²) in [6.07, 6.45) is 10.6. The molecular formula is C28H37N3O2. The Hall–Kier alpha value is -3.05. The molecule has 1 heterocycles. The predicted octanol–water partition coefficient (Wildman–Crippen LogP) is 5.40. The van der Waals surface area contributed by atoms with Crippen molar-refractivity contribution < 1.29 is 9.53 Å². The van der Waals surface area contributed by atoms with Crippen molar-refractivity contribution >= 4 is 11.5 Å². The number of piperidine rings is 1. The van der Waals surface area contributed by atoms with Crippen molar-refractivity contribution in [3.8, 4) is 11.5 Å². The smallest absolute Gasteiger partial charge is 0.250 e. The van der Waals surface area contributed by atoms with Crippen LogP contribution in [0.15, 0.2) is 72.4 Å². The summed E-state index contributed by atoms with van der Waals surface area (Å²) in [5, 5.41) is 6.75. The van der Waals surface area contributed by atoms with Crippen LogP contribution in [0.5, 0.6) is 11.5 Å². The van der Waals surface area contributed by atoms with E-state index < -0.39 is 5.91 Å². The van der Waals surface area contributed by atoms with E-state index in [4.69, 9.17) is 10.5 Å². The average molecular weight is 448 g/mol. The second kappa shape index (κ2) is 13.5. The Morgan fingerprint density at radius 2 is 1.79 bits per heavy atom. The summed E-state index contributed by atoms with van der Waals surface area (Å²) in [5.74, 6) is 1.93. The Labute approximate surface area is 198 Å². The number of rotatable bonds is 12. The van der Waals surface area contributed by atoms with Crippen molar-refractivity contribution in [2.45, 2.75) is 45.4 Å². The van der Waals surface area contributed by atoms with Gasteiger partial charge in [-0.2, -0.15) is 0 Å². The normalized spacial score (nSPS) is 15.3. The number of nitrogens with two attached hydrogens (primary N) is 1. The quantitative estimate of drug-likeness (QED) is 0.231. The van der Waals surface area contributed by atoms with Crippen molar-refractivity contribution in [1.29, 1.82) is 0 Å². The molecule has 2 aromatic carbocycles. The minimum absolute atomic E-state index is 0.423. The lowest BCUT2D eigenvalue weighted by molar-refractivity contribution is -0.114. The number of carbonyl (C=O) groups is 1. The van der Waals surface area contributed by atoms with E-state index in [9.17, 15) is 4.79 Å². The zero-order chi connectivity index (χ0) is 23.3. The second-order valence-corrected chi connectivity index (χ2v) is 8.56. The van der Waals surface area contributed by atoms with Gasteiger partial charge in [-0.05, 0) is 86.5 Å². The Balaban J connectivity index is 1.66. The third-order valence-electron chi connectivity index (χ3n) is 5.98. The lowest BCUT2D eigenvalue weighted by atomic mass is 9.93. The van der Waals surface area contributed by atoms with Gasteiger partial charge in [0.05, 0.1) is 5.57 Å². The SMILES string of the molecule is CCC/C=C(/C(=C/NCCCC1CCNCC1)C(N)=O)c1ccc(Oc2ccccc2)cc1. The summed E-state index contributed by atoms with van der Waals surface area (Å²) >= 11 is 0. The molecule has 33 heavy (non-hydrogen) atoms. The van der Waals surface area contributed by atoms with Crippen molar-refractivity contribution in [1.82, 2.24) is 10.6 Å². The van der Waals surface area contributed by atoms with Gasteiger partial charge in [0, 0.05) is 12.7 Å². The molecule has 0 unspecified atom stereocenters. The van der Waals surface area contributed by atoms with Crippen molar-refractivity contribution in [2.24, 2.45) is 11.7 Å². The van der Waals surface area contributed by atoms with Crippen LogP contribution in [0.4, 0.5) is 0 Å². The maximum absolute atomic E-state index is 12.3. The fraction of sp³-hybridized carbons (Fsp3) is 0.393. The summed E-state index contributed by atoms with van der Waals surface area (Å²) < 4.78 is 5.90. The van der Waals surface area contributed by atoms with E-state index in [2.05, 4.69) is 23.6 Å². The van der Waals surface area contributed by atoms with Crippen molar-refractivity contribution in [2.75, 3.05) is 19.6 Å². The molecule has 1 saturated heterocycles. The molecule has 0 atom stereocenters. The van der Waals surface area contributed by atoms with Crippen LogP contribution in [-0.4, -0.2) is 25.5 Å². The van der Waals surface area contributed by atoms with Crippen LogP contribution in [0.3, 0.4) is 0 Å². The van der Waals surface area contributed by atoms with Gasteiger partial charge in [0.25, 0.3) is 5.91 Å². The molecule has 0 spiro atoms. The van der Waals surface area contributed by atoms with Crippen LogP contribution in [0.1, 0.15) is 51.0 Å². The van der Waals surface area contributed by atoms with E-state index in [0.717, 1.165) is 67.5 Å².